The number of phenols is 1. The molecule has 2 rings (SSSR count). The Kier molecular flexibility index (Phi) is 5.33. The fourth-order valence-electron chi connectivity index (χ4n) is 2.41. The van der Waals surface area contributed by atoms with E-state index in [1.54, 1.807) is 6.07 Å². The van der Waals surface area contributed by atoms with Crippen molar-refractivity contribution in [3.63, 3.8) is 0 Å². The number of benzene rings is 2. The van der Waals surface area contributed by atoms with Crippen LogP contribution in [0.25, 0.3) is 0 Å². The van der Waals surface area contributed by atoms with Gasteiger partial charge in [-0.2, -0.15) is 5.26 Å². The van der Waals surface area contributed by atoms with Gasteiger partial charge in [-0.3, -0.25) is 0 Å². The van der Waals surface area contributed by atoms with Crippen LogP contribution in [0.1, 0.15) is 43.9 Å². The number of hydrogen-bond acceptors (Lipinski definition) is 3. The molecule has 1 N–H and O–H groups in total. The zero-order valence-electron chi connectivity index (χ0n) is 13.6. The number of ether oxygens (including phenoxy) is 1. The van der Waals surface area contributed by atoms with Gasteiger partial charge in [0.2, 0.25) is 0 Å². The summed E-state index contributed by atoms with van der Waals surface area (Å²) in [6.07, 6.45) is 0.902. The van der Waals surface area contributed by atoms with Crippen LogP contribution < -0.4 is 4.74 Å². The monoisotopic (exact) mass is 373 g/mol. The van der Waals surface area contributed by atoms with Gasteiger partial charge >= 0.3 is 0 Å². The predicted molar refractivity (Wildman–Crippen MR) is 94.9 cm³/mol. The molecule has 0 aliphatic rings. The summed E-state index contributed by atoms with van der Waals surface area (Å²) in [5, 5.41) is 19.1. The molecule has 0 saturated carbocycles. The van der Waals surface area contributed by atoms with E-state index in [0.29, 0.717) is 22.4 Å². The lowest BCUT2D eigenvalue weighted by molar-refractivity contribution is 0.316. The van der Waals surface area contributed by atoms with Crippen molar-refractivity contribution >= 4 is 15.9 Å². The third-order valence-corrected chi connectivity index (χ3v) is 4.59. The largest absolute Gasteiger partial charge is 0.507 e. The van der Waals surface area contributed by atoms with Crippen molar-refractivity contribution < 1.29 is 9.84 Å². The Labute approximate surface area is 145 Å². The van der Waals surface area contributed by atoms with E-state index in [9.17, 15) is 10.4 Å². The van der Waals surface area contributed by atoms with E-state index in [-0.39, 0.29) is 11.2 Å². The highest BCUT2D eigenvalue weighted by Gasteiger charge is 2.25. The lowest BCUT2D eigenvalue weighted by Gasteiger charge is -2.27. The first-order chi connectivity index (χ1) is 10.9. The molecule has 0 spiro atoms. The number of hydrogen-bond donors (Lipinski definition) is 1. The lowest BCUT2D eigenvalue weighted by atomic mass is 9.77. The molecule has 0 bridgehead atoms. The summed E-state index contributed by atoms with van der Waals surface area (Å²) in [5.41, 5.74) is 2.32. The Balaban J connectivity index is 2.43. The Bertz CT molecular complexity index is 748. The van der Waals surface area contributed by atoms with Crippen molar-refractivity contribution in [2.75, 3.05) is 6.61 Å². The first kappa shape index (κ1) is 17.4. The normalized spacial score (nSPS) is 11.1. The van der Waals surface area contributed by atoms with Gasteiger partial charge in [0.15, 0.2) is 0 Å². The molecule has 0 aliphatic heterocycles. The van der Waals surface area contributed by atoms with Crippen LogP contribution in [0.5, 0.6) is 11.5 Å². The molecule has 0 saturated heterocycles. The van der Waals surface area contributed by atoms with E-state index in [2.05, 4.69) is 35.8 Å². The second kappa shape index (κ2) is 7.06. The molecule has 3 nitrogen and oxygen atoms in total. The number of nitriles is 1. The summed E-state index contributed by atoms with van der Waals surface area (Å²) in [6.45, 7) is 6.82. The molecule has 23 heavy (non-hydrogen) atoms. The van der Waals surface area contributed by atoms with Crippen molar-refractivity contribution in [1.29, 1.82) is 5.26 Å². The average Bonchev–Trinajstić information content (AvgIpc) is 2.55. The summed E-state index contributed by atoms with van der Waals surface area (Å²) < 4.78 is 6.28. The minimum atomic E-state index is -0.300. The van der Waals surface area contributed by atoms with Crippen LogP contribution in [0.4, 0.5) is 0 Å². The van der Waals surface area contributed by atoms with Crippen LogP contribution in [0.15, 0.2) is 40.9 Å². The number of rotatable bonds is 5. The minimum absolute atomic E-state index is 0.213. The van der Waals surface area contributed by atoms with Crippen molar-refractivity contribution in [3.8, 4) is 17.6 Å². The molecule has 0 atom stereocenters. The van der Waals surface area contributed by atoms with Gasteiger partial charge in [-0.25, -0.2) is 0 Å². The lowest BCUT2D eigenvalue weighted by Crippen LogP contribution is -2.19. The molecule has 0 fully saturated rings. The highest BCUT2D eigenvalue weighted by atomic mass is 79.9. The summed E-state index contributed by atoms with van der Waals surface area (Å²) in [4.78, 5) is 0. The highest BCUT2D eigenvalue weighted by Crippen LogP contribution is 2.37. The zero-order chi connectivity index (χ0) is 17.0. The van der Waals surface area contributed by atoms with E-state index in [4.69, 9.17) is 4.74 Å². The predicted octanol–water partition coefficient (Wildman–Crippen LogP) is 5.14. The molecule has 0 aliphatic carbocycles. The standard InChI is InChI=1S/C19H20BrNO2/c1-4-9-23-18-8-6-14(10-13(18)12-21)19(2,3)15-5-7-17(22)16(20)11-15/h5-8,10-11,22H,4,9H2,1-3H3. The number of halogens is 1. The Hall–Kier alpha value is -1.99. The third kappa shape index (κ3) is 3.68. The maximum Gasteiger partial charge on any atom is 0.137 e. The van der Waals surface area contributed by atoms with Gasteiger partial charge < -0.3 is 9.84 Å². The molecule has 0 amide bonds. The van der Waals surface area contributed by atoms with Crippen molar-refractivity contribution in [3.05, 3.63) is 57.6 Å². The van der Waals surface area contributed by atoms with Crippen LogP contribution in [-0.4, -0.2) is 11.7 Å². The average molecular weight is 374 g/mol. The maximum absolute atomic E-state index is 9.67. The van der Waals surface area contributed by atoms with Gasteiger partial charge in [0, 0.05) is 5.41 Å². The Morgan fingerprint density at radius 1 is 1.17 bits per heavy atom. The van der Waals surface area contributed by atoms with Crippen LogP contribution in [0, 0.1) is 11.3 Å². The van der Waals surface area contributed by atoms with Crippen LogP contribution in [0.2, 0.25) is 0 Å². The minimum Gasteiger partial charge on any atom is -0.507 e. The molecular formula is C19H20BrNO2. The summed E-state index contributed by atoms with van der Waals surface area (Å²) in [6, 6.07) is 13.4. The Morgan fingerprint density at radius 2 is 1.83 bits per heavy atom. The zero-order valence-corrected chi connectivity index (χ0v) is 15.1. The van der Waals surface area contributed by atoms with E-state index in [1.807, 2.05) is 37.3 Å². The van der Waals surface area contributed by atoms with Gasteiger partial charge in [-0.1, -0.05) is 32.9 Å². The van der Waals surface area contributed by atoms with Gasteiger partial charge in [0.1, 0.15) is 17.6 Å². The van der Waals surface area contributed by atoms with Crippen molar-refractivity contribution in [2.24, 2.45) is 0 Å². The molecule has 0 radical (unpaired) electrons. The number of phenolic OH excluding ortho intramolecular Hbond substituents is 1. The number of aromatic hydroxyl groups is 1. The fourth-order valence-corrected chi connectivity index (χ4v) is 2.79. The van der Waals surface area contributed by atoms with E-state index < -0.39 is 0 Å². The van der Waals surface area contributed by atoms with Gasteiger partial charge in [0.25, 0.3) is 0 Å². The molecule has 120 valence electrons. The molecule has 4 heteroatoms. The Morgan fingerprint density at radius 3 is 2.43 bits per heavy atom. The van der Waals surface area contributed by atoms with Gasteiger partial charge in [-0.05, 0) is 57.7 Å². The van der Waals surface area contributed by atoms with Crippen LogP contribution in [0.3, 0.4) is 0 Å². The van der Waals surface area contributed by atoms with Crippen LogP contribution in [-0.2, 0) is 5.41 Å². The highest BCUT2D eigenvalue weighted by molar-refractivity contribution is 9.10. The van der Waals surface area contributed by atoms with Crippen LogP contribution >= 0.6 is 15.9 Å². The molecule has 2 aromatic carbocycles. The fraction of sp³-hybridized carbons (Fsp3) is 0.316. The number of nitrogens with zero attached hydrogens (tertiary/aromatic N) is 1. The first-order valence-corrected chi connectivity index (χ1v) is 8.36. The van der Waals surface area contributed by atoms with Crippen molar-refractivity contribution in [1.82, 2.24) is 0 Å². The molecule has 2 aromatic rings. The smallest absolute Gasteiger partial charge is 0.137 e. The summed E-state index contributed by atoms with van der Waals surface area (Å²) in [7, 11) is 0. The summed E-state index contributed by atoms with van der Waals surface area (Å²) in [5.74, 6) is 0.839. The molecular weight excluding hydrogens is 354 g/mol. The maximum atomic E-state index is 9.67. The third-order valence-electron chi connectivity index (χ3n) is 3.95. The summed E-state index contributed by atoms with van der Waals surface area (Å²) >= 11 is 3.36. The quantitative estimate of drug-likeness (QED) is 0.788. The first-order valence-electron chi connectivity index (χ1n) is 7.56. The van der Waals surface area contributed by atoms with E-state index in [1.165, 1.54) is 0 Å². The molecule has 0 unspecified atom stereocenters. The van der Waals surface area contributed by atoms with E-state index in [0.717, 1.165) is 17.5 Å². The SMILES string of the molecule is CCCOc1ccc(C(C)(C)c2ccc(O)c(Br)c2)cc1C#N. The second-order valence-corrected chi connectivity index (χ2v) is 6.82. The van der Waals surface area contributed by atoms with E-state index >= 15 is 0 Å². The van der Waals surface area contributed by atoms with Gasteiger partial charge in [0.05, 0.1) is 16.6 Å². The molecule has 0 heterocycles. The van der Waals surface area contributed by atoms with Crippen molar-refractivity contribution in [2.45, 2.75) is 32.6 Å². The molecule has 0 aromatic heterocycles. The second-order valence-electron chi connectivity index (χ2n) is 5.96. The topological polar surface area (TPSA) is 53.2 Å². The van der Waals surface area contributed by atoms with Gasteiger partial charge in [-0.15, -0.1) is 0 Å².